The molecule has 2 aliphatic rings. The first-order chi connectivity index (χ1) is 26.6. The highest BCUT2D eigenvalue weighted by Gasteiger charge is 2.51. The van der Waals surface area contributed by atoms with Gasteiger partial charge in [-0.25, -0.2) is 19.1 Å². The molecule has 3 aromatic rings. The number of hydrogen-bond donors (Lipinski definition) is 2. The van der Waals surface area contributed by atoms with Gasteiger partial charge in [-0.05, 0) is 74.8 Å². The minimum atomic E-state index is -4.93. The van der Waals surface area contributed by atoms with Gasteiger partial charge in [-0.1, -0.05) is 43.0 Å². The van der Waals surface area contributed by atoms with Gasteiger partial charge in [-0.2, -0.15) is 28.2 Å². The predicted molar refractivity (Wildman–Crippen MR) is 201 cm³/mol. The van der Waals surface area contributed by atoms with Crippen LogP contribution in [-0.2, 0) is 19.1 Å². The Balaban J connectivity index is 1.35. The molecule has 1 aromatic carbocycles. The van der Waals surface area contributed by atoms with Gasteiger partial charge in [0.05, 0.1) is 18.0 Å². The minimum Gasteiger partial charge on any atom is -0.480 e. The van der Waals surface area contributed by atoms with Gasteiger partial charge in [0.15, 0.2) is 0 Å². The molecule has 298 valence electrons. The maximum atomic E-state index is 14.9. The number of nitrogen functional groups attached to an aromatic ring is 1. The molecule has 2 aromatic heterocycles. The largest absolute Gasteiger partial charge is 0.480 e. The van der Waals surface area contributed by atoms with Crippen LogP contribution in [0.5, 0.6) is 5.88 Å². The zero-order valence-electron chi connectivity index (χ0n) is 31.2. The molecule has 3 N–H and O–H groups in total. The lowest BCUT2D eigenvalue weighted by Crippen LogP contribution is -2.43. The van der Waals surface area contributed by atoms with Crippen LogP contribution in [0.4, 0.5) is 29.7 Å². The fraction of sp³-hybridized carbons (Fsp3) is 0.385. The zero-order chi connectivity index (χ0) is 40.6. The van der Waals surface area contributed by atoms with E-state index in [4.69, 9.17) is 19.9 Å². The van der Waals surface area contributed by atoms with E-state index in [9.17, 15) is 32.7 Å². The Bertz CT molecular complexity index is 2020. The van der Waals surface area contributed by atoms with Crippen LogP contribution < -0.4 is 15.4 Å². The monoisotopic (exact) mass is 779 g/mol. The van der Waals surface area contributed by atoms with Crippen molar-refractivity contribution in [2.24, 2.45) is 5.41 Å². The average Bonchev–Trinajstić information content (AvgIpc) is 3.76. The molecule has 2 atom stereocenters. The van der Waals surface area contributed by atoms with Crippen LogP contribution in [0.1, 0.15) is 56.0 Å². The summed E-state index contributed by atoms with van der Waals surface area (Å²) in [5.74, 6) is -2.27. The van der Waals surface area contributed by atoms with Crippen LogP contribution in [0.15, 0.2) is 79.1 Å². The van der Waals surface area contributed by atoms with E-state index >= 15 is 0 Å². The second kappa shape index (κ2) is 17.6. The van der Waals surface area contributed by atoms with Crippen molar-refractivity contribution in [3.05, 3.63) is 95.9 Å². The lowest BCUT2D eigenvalue weighted by atomic mass is 9.76. The molecule has 1 amide bonds. The lowest BCUT2D eigenvalue weighted by Gasteiger charge is -2.39. The van der Waals surface area contributed by atoms with Crippen molar-refractivity contribution < 1.29 is 46.9 Å². The van der Waals surface area contributed by atoms with E-state index in [1.807, 2.05) is 13.0 Å². The van der Waals surface area contributed by atoms with Gasteiger partial charge >= 0.3 is 24.2 Å². The molecule has 17 heteroatoms. The Hall–Kier alpha value is -6.13. The number of rotatable bonds is 13. The number of esters is 1. The van der Waals surface area contributed by atoms with Crippen molar-refractivity contribution >= 4 is 35.9 Å². The van der Waals surface area contributed by atoms with E-state index in [1.165, 1.54) is 52.2 Å². The molecule has 14 nitrogen and oxygen atoms in total. The third kappa shape index (κ3) is 9.94. The molecule has 5 rings (SSSR count). The summed E-state index contributed by atoms with van der Waals surface area (Å²) in [6.45, 7) is 9.82. The third-order valence-electron chi connectivity index (χ3n) is 9.55. The number of carboxylic acid groups (broad SMARTS) is 1. The normalized spacial score (nSPS) is 17.8. The van der Waals surface area contributed by atoms with Gasteiger partial charge in [0.1, 0.15) is 18.5 Å². The Kier molecular flexibility index (Phi) is 12.9. The Morgan fingerprint density at radius 2 is 1.89 bits per heavy atom. The molecule has 1 spiro atoms. The quantitative estimate of drug-likeness (QED) is 0.111. The molecule has 0 saturated carbocycles. The first kappa shape index (κ1) is 41.0. The number of benzene rings is 1. The number of allylic oxidation sites excluding steroid dienone is 3. The number of carbonyl (C=O) groups excluding carboxylic acids is 2. The molecule has 2 saturated heterocycles. The molecular weight excluding hydrogens is 735 g/mol. The number of nitrogens with two attached hydrogens (primary N) is 1. The number of carbonyl (C=O) groups is 3. The van der Waals surface area contributed by atoms with Gasteiger partial charge in [-0.15, -0.1) is 0 Å². The molecule has 0 unspecified atom stereocenters. The van der Waals surface area contributed by atoms with E-state index in [2.05, 4.69) is 21.6 Å². The summed E-state index contributed by atoms with van der Waals surface area (Å²) in [6.07, 6.45) is 3.89. The number of aromatic nitrogens is 4. The number of ether oxygens (including phenoxy) is 3. The SMILES string of the molecule is C=C/C(=C\C=C/C)COC(=O)N1CC2(CCN(c3cc(O[C@H](c4ccc(/C=C/C(=O)OCC)cc4-n4ccc(C)n4)C(F)(F)F)nc(N)n3)CC2)C[C@H]1C(=O)O. The van der Waals surface area contributed by atoms with Crippen molar-refractivity contribution in [1.82, 2.24) is 24.6 Å². The van der Waals surface area contributed by atoms with E-state index in [0.29, 0.717) is 42.8 Å². The zero-order valence-corrected chi connectivity index (χ0v) is 31.2. The summed E-state index contributed by atoms with van der Waals surface area (Å²) in [7, 11) is 0. The molecular formula is C39H44F3N7O7. The second-order valence-corrected chi connectivity index (χ2v) is 13.5. The number of carboxylic acids is 1. The number of alkyl halides is 3. The summed E-state index contributed by atoms with van der Waals surface area (Å²) in [5.41, 5.74) is 6.86. The molecule has 0 aliphatic carbocycles. The number of nitrogens with zero attached hydrogens (tertiary/aromatic N) is 6. The third-order valence-corrected chi connectivity index (χ3v) is 9.55. The van der Waals surface area contributed by atoms with Gasteiger partial charge in [0.2, 0.25) is 17.9 Å². The van der Waals surface area contributed by atoms with Crippen LogP contribution in [-0.4, -0.2) is 92.9 Å². The number of aryl methyl sites for hydroxylation is 1. The van der Waals surface area contributed by atoms with Crippen LogP contribution in [0, 0.1) is 12.3 Å². The predicted octanol–water partition coefficient (Wildman–Crippen LogP) is 6.38. The standard InChI is InChI=1S/C39H44F3N7O7/c1-5-8-9-26(6-2)23-55-37(53)48-24-38(22-30(48)35(51)52)15-18-47(19-16-38)31-21-32(45-36(43)44-31)56-34(39(40,41)42)28-12-10-27(11-13-33(50)54-7-3)20-29(28)49-17-14-25(4)46-49/h5-6,8-14,17,20-21,30,34H,2,7,15-16,18-19,22-24H2,1,3-4H3,(H,51,52)(H2,43,44,45)/b8-5-,13-11+,26-9+/t30-,34+/m0/s1. The fourth-order valence-electron chi connectivity index (χ4n) is 6.73. The summed E-state index contributed by atoms with van der Waals surface area (Å²) < 4.78 is 61.9. The van der Waals surface area contributed by atoms with Crippen molar-refractivity contribution in [3.63, 3.8) is 0 Å². The number of halogens is 3. The van der Waals surface area contributed by atoms with Crippen molar-refractivity contribution in [3.8, 4) is 11.6 Å². The number of anilines is 2. The van der Waals surface area contributed by atoms with Gasteiger partial charge < -0.3 is 30.0 Å². The Labute approximate surface area is 321 Å². The first-order valence-corrected chi connectivity index (χ1v) is 17.9. The topological polar surface area (TPSA) is 175 Å². The second-order valence-electron chi connectivity index (χ2n) is 13.5. The van der Waals surface area contributed by atoms with Gasteiger partial charge in [-0.3, -0.25) is 4.90 Å². The summed E-state index contributed by atoms with van der Waals surface area (Å²) in [5, 5.41) is 14.3. The van der Waals surface area contributed by atoms with Crippen LogP contribution >= 0.6 is 0 Å². The lowest BCUT2D eigenvalue weighted by molar-refractivity contribution is -0.198. The van der Waals surface area contributed by atoms with Gasteiger partial charge in [0, 0.05) is 43.5 Å². The number of piperidine rings is 1. The van der Waals surface area contributed by atoms with Gasteiger partial charge in [0.25, 0.3) is 0 Å². The molecule has 4 heterocycles. The van der Waals surface area contributed by atoms with E-state index in [1.54, 1.807) is 43.0 Å². The summed E-state index contributed by atoms with van der Waals surface area (Å²) in [6, 6.07) is 5.92. The highest BCUT2D eigenvalue weighted by atomic mass is 19.4. The van der Waals surface area contributed by atoms with Crippen LogP contribution in [0.25, 0.3) is 11.8 Å². The number of amides is 1. The first-order valence-electron chi connectivity index (χ1n) is 17.9. The molecule has 56 heavy (non-hydrogen) atoms. The molecule has 2 fully saturated rings. The Morgan fingerprint density at radius 1 is 1.14 bits per heavy atom. The maximum Gasteiger partial charge on any atom is 0.429 e. The summed E-state index contributed by atoms with van der Waals surface area (Å²) in [4.78, 5) is 48.5. The van der Waals surface area contributed by atoms with Crippen LogP contribution in [0.2, 0.25) is 0 Å². The van der Waals surface area contributed by atoms with Crippen molar-refractivity contribution in [2.75, 3.05) is 43.5 Å². The molecule has 2 aliphatic heterocycles. The molecule has 0 radical (unpaired) electrons. The highest BCUT2D eigenvalue weighted by molar-refractivity contribution is 5.87. The number of aliphatic carboxylic acids is 1. The van der Waals surface area contributed by atoms with E-state index in [0.717, 1.165) is 0 Å². The number of hydrogen-bond acceptors (Lipinski definition) is 11. The molecule has 0 bridgehead atoms. The minimum absolute atomic E-state index is 0.0513. The van der Waals surface area contributed by atoms with E-state index < -0.39 is 47.6 Å². The van der Waals surface area contributed by atoms with Crippen LogP contribution in [0.3, 0.4) is 0 Å². The van der Waals surface area contributed by atoms with Crippen molar-refractivity contribution in [1.29, 1.82) is 0 Å². The Morgan fingerprint density at radius 3 is 2.52 bits per heavy atom. The smallest absolute Gasteiger partial charge is 0.429 e. The average molecular weight is 780 g/mol. The maximum absolute atomic E-state index is 14.9. The van der Waals surface area contributed by atoms with E-state index in [-0.39, 0.29) is 49.2 Å². The summed E-state index contributed by atoms with van der Waals surface area (Å²) >= 11 is 0. The highest BCUT2D eigenvalue weighted by Crippen LogP contribution is 2.45. The number of likely N-dealkylation sites (tertiary alicyclic amines) is 1. The fourth-order valence-corrected chi connectivity index (χ4v) is 6.73. The van der Waals surface area contributed by atoms with Crippen molar-refractivity contribution in [2.45, 2.75) is 58.4 Å².